The number of fused-ring (bicyclic) bond motifs is 1. The second-order valence-corrected chi connectivity index (χ2v) is 13.3. The number of amides is 2. The van der Waals surface area contributed by atoms with Crippen LogP contribution < -0.4 is 5.32 Å². The Bertz CT molecular complexity index is 1860. The minimum atomic E-state index is -0.739. The van der Waals surface area contributed by atoms with Crippen LogP contribution in [0.25, 0.3) is 11.4 Å². The molecule has 4 aromatic carbocycles. The van der Waals surface area contributed by atoms with Crippen LogP contribution in [0.3, 0.4) is 0 Å². The third-order valence-electron chi connectivity index (χ3n) is 7.95. The molecule has 2 aliphatic heterocycles. The van der Waals surface area contributed by atoms with Gasteiger partial charge < -0.3 is 15.0 Å². The highest BCUT2D eigenvalue weighted by atomic mass is 32.2. The second kappa shape index (κ2) is 13.7. The van der Waals surface area contributed by atoms with Crippen LogP contribution in [0.4, 0.5) is 0 Å². The first-order valence-electron chi connectivity index (χ1n) is 15.1. The van der Waals surface area contributed by atoms with Gasteiger partial charge in [-0.1, -0.05) is 115 Å². The van der Waals surface area contributed by atoms with Crippen molar-refractivity contribution in [2.75, 3.05) is 5.75 Å². The molecule has 10 heteroatoms. The Balaban J connectivity index is 1.18. The highest BCUT2D eigenvalue weighted by Crippen LogP contribution is 2.46. The van der Waals surface area contributed by atoms with Gasteiger partial charge in [0.05, 0.1) is 6.42 Å². The summed E-state index contributed by atoms with van der Waals surface area (Å²) in [4.78, 5) is 51.5. The molecule has 2 aliphatic rings. The van der Waals surface area contributed by atoms with Gasteiger partial charge in [-0.3, -0.25) is 14.5 Å². The Morgan fingerprint density at radius 3 is 2.17 bits per heavy atom. The number of nitrogens with one attached hydrogen (secondary N) is 2. The molecule has 3 heterocycles. The van der Waals surface area contributed by atoms with Gasteiger partial charge in [0.25, 0.3) is 5.91 Å². The minimum absolute atomic E-state index is 0.164. The maximum absolute atomic E-state index is 14.3. The molecule has 0 unspecified atom stereocenters. The summed E-state index contributed by atoms with van der Waals surface area (Å²) in [5, 5.41) is 2.48. The Kier molecular flexibility index (Phi) is 8.94. The molecular formula is C37H30N4O4S2. The average Bonchev–Trinajstić information content (AvgIpc) is 3.66. The third-order valence-corrected chi connectivity index (χ3v) is 10.5. The maximum atomic E-state index is 14.3. The number of hydrogen-bond acceptors (Lipinski definition) is 7. The standard InChI is InChI=1S/C37H30N4O4S2/c42-30(22-24-10-4-1-5-11-24)40-31-35(43)41-32(37(44)45-33(25-12-6-2-7-13-25)26-14-8-3-9-15-26)29(23-46-36(31)41)47-28-18-16-27(17-19-28)34-38-20-21-39-34/h1-21,31,33,36H,22-23H2,(H,38,39)(H,40,42)/t31-,36-/m1/s1. The molecule has 0 radical (unpaired) electrons. The van der Waals surface area contributed by atoms with Crippen LogP contribution in [0, 0.1) is 0 Å². The fraction of sp³-hybridized carbons (Fsp3) is 0.135. The van der Waals surface area contributed by atoms with E-state index in [0.717, 1.165) is 33.0 Å². The number of carbonyl (C=O) groups excluding carboxylic acids is 3. The van der Waals surface area contributed by atoms with Crippen molar-refractivity contribution in [3.63, 3.8) is 0 Å². The van der Waals surface area contributed by atoms with Crippen molar-refractivity contribution in [1.29, 1.82) is 0 Å². The summed E-state index contributed by atoms with van der Waals surface area (Å²) < 4.78 is 6.28. The molecule has 0 spiro atoms. The van der Waals surface area contributed by atoms with E-state index in [2.05, 4.69) is 15.3 Å². The van der Waals surface area contributed by atoms with Crippen molar-refractivity contribution in [3.05, 3.63) is 155 Å². The first kappa shape index (κ1) is 30.6. The highest BCUT2D eigenvalue weighted by molar-refractivity contribution is 8.06. The zero-order valence-electron chi connectivity index (χ0n) is 25.1. The van der Waals surface area contributed by atoms with Gasteiger partial charge in [-0.25, -0.2) is 9.78 Å². The molecule has 234 valence electrons. The Labute approximate surface area is 280 Å². The van der Waals surface area contributed by atoms with E-state index in [1.807, 2.05) is 115 Å². The molecule has 2 N–H and O–H groups in total. The van der Waals surface area contributed by atoms with Crippen molar-refractivity contribution >= 4 is 41.3 Å². The van der Waals surface area contributed by atoms with Gasteiger partial charge >= 0.3 is 5.97 Å². The molecule has 1 aromatic heterocycles. The first-order chi connectivity index (χ1) is 23.0. The lowest BCUT2D eigenvalue weighted by Gasteiger charge is -2.49. The summed E-state index contributed by atoms with van der Waals surface area (Å²) >= 11 is 2.95. The number of β-lactam (4-membered cyclic amide) rings is 1. The zero-order valence-corrected chi connectivity index (χ0v) is 26.7. The number of hydrogen-bond donors (Lipinski definition) is 2. The smallest absolute Gasteiger partial charge is 0.356 e. The number of aromatic nitrogens is 2. The van der Waals surface area contributed by atoms with E-state index in [9.17, 15) is 14.4 Å². The van der Waals surface area contributed by atoms with Crippen molar-refractivity contribution in [2.45, 2.75) is 28.8 Å². The van der Waals surface area contributed by atoms with Gasteiger partial charge in [0.15, 0.2) is 6.10 Å². The Hall–Kier alpha value is -5.06. The van der Waals surface area contributed by atoms with Gasteiger partial charge in [0, 0.05) is 33.5 Å². The molecule has 0 aliphatic carbocycles. The number of ether oxygens (including phenoxy) is 1. The monoisotopic (exact) mass is 658 g/mol. The van der Waals surface area contributed by atoms with Gasteiger partial charge in [-0.2, -0.15) is 0 Å². The summed E-state index contributed by atoms with van der Waals surface area (Å²) in [7, 11) is 0. The predicted molar refractivity (Wildman–Crippen MR) is 183 cm³/mol. The number of aromatic amines is 1. The molecular weight excluding hydrogens is 629 g/mol. The fourth-order valence-electron chi connectivity index (χ4n) is 5.66. The molecule has 1 fully saturated rings. The lowest BCUT2D eigenvalue weighted by Crippen LogP contribution is -2.70. The number of rotatable bonds is 10. The number of benzene rings is 4. The number of thioether (sulfide) groups is 2. The summed E-state index contributed by atoms with van der Waals surface area (Å²) in [6.07, 6.45) is 2.96. The van der Waals surface area contributed by atoms with Crippen molar-refractivity contribution in [3.8, 4) is 11.4 Å². The van der Waals surface area contributed by atoms with Crippen LogP contribution in [0.5, 0.6) is 0 Å². The fourth-order valence-corrected chi connectivity index (χ4v) is 8.13. The van der Waals surface area contributed by atoms with E-state index in [-0.39, 0.29) is 23.9 Å². The number of H-pyrrole nitrogens is 1. The zero-order chi connectivity index (χ0) is 32.2. The van der Waals surface area contributed by atoms with Gasteiger partial charge in [-0.15, -0.1) is 11.8 Å². The molecule has 7 rings (SSSR count). The Morgan fingerprint density at radius 1 is 0.915 bits per heavy atom. The quantitative estimate of drug-likeness (QED) is 0.133. The minimum Gasteiger partial charge on any atom is -0.448 e. The number of imidazole rings is 1. The molecule has 0 saturated carbocycles. The van der Waals surface area contributed by atoms with Crippen molar-refractivity contribution < 1.29 is 19.1 Å². The maximum Gasteiger partial charge on any atom is 0.356 e. The summed E-state index contributed by atoms with van der Waals surface area (Å²) in [6, 6.07) is 35.6. The molecule has 0 bridgehead atoms. The summed E-state index contributed by atoms with van der Waals surface area (Å²) in [5.41, 5.74) is 3.64. The van der Waals surface area contributed by atoms with E-state index in [1.54, 1.807) is 12.4 Å². The second-order valence-electron chi connectivity index (χ2n) is 11.1. The highest BCUT2D eigenvalue weighted by Gasteiger charge is 2.54. The molecule has 47 heavy (non-hydrogen) atoms. The van der Waals surface area contributed by atoms with Crippen LogP contribution in [0.2, 0.25) is 0 Å². The number of nitrogens with zero attached hydrogens (tertiary/aromatic N) is 2. The number of carbonyl (C=O) groups is 3. The molecule has 8 nitrogen and oxygen atoms in total. The summed E-state index contributed by atoms with van der Waals surface area (Å²) in [5.74, 6) is 0.0620. The van der Waals surface area contributed by atoms with E-state index < -0.39 is 23.5 Å². The van der Waals surface area contributed by atoms with E-state index in [1.165, 1.54) is 28.4 Å². The first-order valence-corrected chi connectivity index (χ1v) is 17.0. The number of esters is 1. The van der Waals surface area contributed by atoms with E-state index in [4.69, 9.17) is 4.74 Å². The Morgan fingerprint density at radius 2 is 1.55 bits per heavy atom. The molecule has 1 saturated heterocycles. The van der Waals surface area contributed by atoms with E-state index in [0.29, 0.717) is 10.7 Å². The van der Waals surface area contributed by atoms with Crippen LogP contribution in [0.1, 0.15) is 22.8 Å². The van der Waals surface area contributed by atoms with Crippen LogP contribution in [-0.4, -0.2) is 49.8 Å². The average molecular weight is 659 g/mol. The largest absolute Gasteiger partial charge is 0.448 e. The molecule has 2 amide bonds. The van der Waals surface area contributed by atoms with Crippen molar-refractivity contribution in [1.82, 2.24) is 20.2 Å². The predicted octanol–water partition coefficient (Wildman–Crippen LogP) is 6.36. The lowest BCUT2D eigenvalue weighted by atomic mass is 10.0. The van der Waals surface area contributed by atoms with E-state index >= 15 is 0 Å². The lowest BCUT2D eigenvalue weighted by molar-refractivity contribution is -0.154. The molecule has 2 atom stereocenters. The topological polar surface area (TPSA) is 104 Å². The van der Waals surface area contributed by atoms with Gasteiger partial charge in [-0.05, 0) is 28.8 Å². The normalized spacial score (nSPS) is 17.2. The third kappa shape index (κ3) is 6.61. The van der Waals surface area contributed by atoms with Gasteiger partial charge in [0.2, 0.25) is 5.91 Å². The van der Waals surface area contributed by atoms with Gasteiger partial charge in [0.1, 0.15) is 22.9 Å². The molecule has 5 aromatic rings. The van der Waals surface area contributed by atoms with Crippen LogP contribution in [0.15, 0.2) is 143 Å². The van der Waals surface area contributed by atoms with Crippen LogP contribution >= 0.6 is 23.5 Å². The van der Waals surface area contributed by atoms with Crippen LogP contribution in [-0.2, 0) is 25.5 Å². The summed E-state index contributed by atoms with van der Waals surface area (Å²) in [6.45, 7) is 0. The SMILES string of the molecule is O=C(Cc1ccccc1)N[C@@H]1C(=O)N2C(C(=O)OC(c3ccccc3)c3ccccc3)=C(Sc3ccc(-c4ncc[nH]4)cc3)CS[C@H]12. The van der Waals surface area contributed by atoms with Crippen molar-refractivity contribution in [2.24, 2.45) is 0 Å².